The Kier molecular flexibility index (Phi) is 10.6. The topological polar surface area (TPSA) is 254 Å². The van der Waals surface area contributed by atoms with E-state index in [1.165, 1.54) is 41.8 Å². The predicted molar refractivity (Wildman–Crippen MR) is 135 cm³/mol. The standard InChI is InChI=1S/C12H16N2O7S.C10H15N3O5/c1-20-7(16)2-5-3-14(12(22)13-10(5)19)11-9(18)8(17)6(4-15)21-11;1-17-8-7(15)5(4-14)18-9(8)13-3-2-6(11)12-10(13)16/h3,6,8-9,11,15,17-18H,2,4H2,1H3,(H,13,19,22);2-3,5,7-9,14-15H,4H2,1H3,(H2,11,12,16)/t6-,8-,9-,11-;5-,7-,8-,9-/m11/s1. The molecule has 17 nitrogen and oxygen atoms in total. The van der Waals surface area contributed by atoms with Crippen LogP contribution in [0.3, 0.4) is 0 Å². The molecule has 2 aromatic rings. The van der Waals surface area contributed by atoms with E-state index in [0.717, 1.165) is 0 Å². The Hall–Kier alpha value is -3.07. The fourth-order valence-electron chi connectivity index (χ4n) is 4.15. The van der Waals surface area contributed by atoms with Gasteiger partial charge >= 0.3 is 11.7 Å². The van der Waals surface area contributed by atoms with Gasteiger partial charge in [0.15, 0.2) is 17.2 Å². The van der Waals surface area contributed by atoms with Crippen LogP contribution in [0.4, 0.5) is 5.82 Å². The Morgan fingerprint density at radius 3 is 2.25 bits per heavy atom. The highest BCUT2D eigenvalue weighted by molar-refractivity contribution is 7.71. The zero-order chi connectivity index (χ0) is 29.7. The smallest absolute Gasteiger partial charge is 0.351 e. The van der Waals surface area contributed by atoms with Crippen LogP contribution in [0.5, 0.6) is 0 Å². The number of esters is 1. The Labute approximate surface area is 230 Å². The van der Waals surface area contributed by atoms with E-state index in [1.54, 1.807) is 0 Å². The first-order chi connectivity index (χ1) is 19.0. The van der Waals surface area contributed by atoms with E-state index in [4.69, 9.17) is 42.4 Å². The third kappa shape index (κ3) is 6.62. The van der Waals surface area contributed by atoms with Crippen LogP contribution in [0.15, 0.2) is 28.0 Å². The summed E-state index contributed by atoms with van der Waals surface area (Å²) in [6, 6.07) is 1.44. The van der Waals surface area contributed by atoms with E-state index in [9.17, 15) is 29.7 Å². The maximum absolute atomic E-state index is 11.8. The maximum atomic E-state index is 11.8. The molecule has 2 aliphatic rings. The van der Waals surface area contributed by atoms with Crippen molar-refractivity contribution in [2.75, 3.05) is 33.2 Å². The van der Waals surface area contributed by atoms with E-state index < -0.39 is 72.9 Å². The first kappa shape index (κ1) is 31.5. The van der Waals surface area contributed by atoms with Crippen molar-refractivity contribution >= 4 is 24.0 Å². The van der Waals surface area contributed by atoms with Crippen molar-refractivity contribution in [2.45, 2.75) is 55.5 Å². The molecule has 2 aliphatic heterocycles. The molecular weight excluding hydrogens is 558 g/mol. The number of nitrogen functional groups attached to an aromatic ring is 1. The van der Waals surface area contributed by atoms with Crippen LogP contribution < -0.4 is 17.0 Å². The zero-order valence-electron chi connectivity index (χ0n) is 21.4. The minimum atomic E-state index is -1.35. The van der Waals surface area contributed by atoms with Crippen molar-refractivity contribution in [3.63, 3.8) is 0 Å². The van der Waals surface area contributed by atoms with Crippen molar-refractivity contribution in [1.29, 1.82) is 0 Å². The summed E-state index contributed by atoms with van der Waals surface area (Å²) in [5.41, 5.74) is 4.30. The first-order valence-corrected chi connectivity index (χ1v) is 12.2. The van der Waals surface area contributed by atoms with Crippen molar-refractivity contribution in [3.8, 4) is 0 Å². The van der Waals surface area contributed by atoms with Crippen molar-refractivity contribution < 1.29 is 49.3 Å². The van der Waals surface area contributed by atoms with Gasteiger partial charge in [-0.15, -0.1) is 0 Å². The van der Waals surface area contributed by atoms with Gasteiger partial charge in [0, 0.05) is 25.1 Å². The molecule has 2 saturated heterocycles. The molecule has 18 heteroatoms. The number of aliphatic hydroxyl groups excluding tert-OH is 5. The molecule has 2 fully saturated rings. The quantitative estimate of drug-likeness (QED) is 0.121. The summed E-state index contributed by atoms with van der Waals surface area (Å²) in [6.07, 6.45) is -5.74. The minimum absolute atomic E-state index is 0.0477. The van der Waals surface area contributed by atoms with Gasteiger partial charge in [0.25, 0.3) is 5.56 Å². The number of aromatic amines is 1. The van der Waals surface area contributed by atoms with Crippen molar-refractivity contribution in [3.05, 3.63) is 49.6 Å². The molecule has 0 spiro atoms. The lowest BCUT2D eigenvalue weighted by Crippen LogP contribution is -2.37. The maximum Gasteiger partial charge on any atom is 0.351 e. The number of hydrogen-bond donors (Lipinski definition) is 7. The van der Waals surface area contributed by atoms with Crippen LogP contribution in [-0.4, -0.2) is 115 Å². The Morgan fingerprint density at radius 2 is 1.70 bits per heavy atom. The second-order valence-electron chi connectivity index (χ2n) is 8.78. The number of carbonyl (C=O) groups is 1. The van der Waals surface area contributed by atoms with Gasteiger partial charge < -0.3 is 50.2 Å². The number of aliphatic hydroxyl groups is 5. The van der Waals surface area contributed by atoms with Crippen LogP contribution in [-0.2, 0) is 30.2 Å². The minimum Gasteiger partial charge on any atom is -0.469 e. The number of carbonyl (C=O) groups excluding carboxylic acids is 1. The van der Waals surface area contributed by atoms with Crippen LogP contribution in [0.2, 0.25) is 0 Å². The van der Waals surface area contributed by atoms with Crippen LogP contribution in [0.1, 0.15) is 18.0 Å². The summed E-state index contributed by atoms with van der Waals surface area (Å²) in [4.78, 5) is 40.7. The van der Waals surface area contributed by atoms with Gasteiger partial charge in [-0.2, -0.15) is 4.98 Å². The van der Waals surface area contributed by atoms with Gasteiger partial charge in [-0.1, -0.05) is 0 Å². The molecular formula is C22H31N5O12S. The summed E-state index contributed by atoms with van der Waals surface area (Å²) in [6.45, 7) is -0.852. The zero-order valence-corrected chi connectivity index (χ0v) is 22.2. The normalized spacial score (nSPS) is 29.6. The Balaban J connectivity index is 0.000000225. The molecule has 0 bridgehead atoms. The number of anilines is 1. The second kappa shape index (κ2) is 13.5. The molecule has 0 unspecified atom stereocenters. The highest BCUT2D eigenvalue weighted by atomic mass is 32.1. The van der Waals surface area contributed by atoms with Gasteiger partial charge in [-0.25, -0.2) is 4.79 Å². The third-order valence-electron chi connectivity index (χ3n) is 6.29. The number of methoxy groups -OCH3 is 2. The number of nitrogens with one attached hydrogen (secondary N) is 1. The summed E-state index contributed by atoms with van der Waals surface area (Å²) >= 11 is 5.00. The summed E-state index contributed by atoms with van der Waals surface area (Å²) < 4.78 is 22.7. The number of nitrogens with zero attached hydrogens (tertiary/aromatic N) is 3. The number of hydrogen-bond acceptors (Lipinski definition) is 15. The number of aromatic nitrogens is 4. The van der Waals surface area contributed by atoms with Gasteiger partial charge in [0.1, 0.15) is 42.4 Å². The Morgan fingerprint density at radius 1 is 1.07 bits per heavy atom. The average Bonchev–Trinajstić information content (AvgIpc) is 3.40. The van der Waals surface area contributed by atoms with E-state index >= 15 is 0 Å². The number of H-pyrrole nitrogens is 1. The largest absolute Gasteiger partial charge is 0.469 e. The lowest BCUT2D eigenvalue weighted by Gasteiger charge is -2.20. The SMILES string of the molecule is COC(=O)Cc1cn([C@@H]2O[C@H](CO)[C@@H](O)[C@H]2O)c(=S)[nH]c1=O.CO[C@@H]1[C@H](O)[C@@H](CO)O[C@H]1n1ccc(N)nc1=O. The van der Waals surface area contributed by atoms with E-state index in [-0.39, 0.29) is 29.2 Å². The molecule has 0 saturated carbocycles. The molecule has 8 atom stereocenters. The summed E-state index contributed by atoms with van der Waals surface area (Å²) in [5.74, 6) is -0.516. The molecule has 2 aromatic heterocycles. The monoisotopic (exact) mass is 589 g/mol. The lowest BCUT2D eigenvalue weighted by molar-refractivity contribution is -0.139. The van der Waals surface area contributed by atoms with Gasteiger partial charge in [-0.05, 0) is 18.3 Å². The fourth-order valence-corrected chi connectivity index (χ4v) is 4.40. The van der Waals surface area contributed by atoms with Crippen LogP contribution in [0, 0.1) is 4.77 Å². The van der Waals surface area contributed by atoms with Gasteiger partial charge in [-0.3, -0.25) is 23.7 Å². The van der Waals surface area contributed by atoms with Crippen molar-refractivity contribution in [1.82, 2.24) is 19.1 Å². The lowest BCUT2D eigenvalue weighted by atomic mass is 10.1. The first-order valence-electron chi connectivity index (χ1n) is 11.8. The predicted octanol–water partition coefficient (Wildman–Crippen LogP) is -3.68. The molecule has 40 heavy (non-hydrogen) atoms. The van der Waals surface area contributed by atoms with Crippen molar-refractivity contribution in [2.24, 2.45) is 0 Å². The molecule has 0 amide bonds. The van der Waals surface area contributed by atoms with Gasteiger partial charge in [0.05, 0.1) is 26.7 Å². The molecule has 0 aliphatic carbocycles. The van der Waals surface area contributed by atoms with Crippen LogP contribution >= 0.6 is 12.2 Å². The average molecular weight is 590 g/mol. The Bertz CT molecular complexity index is 1350. The molecule has 4 rings (SSSR count). The summed E-state index contributed by atoms with van der Waals surface area (Å²) in [5, 5.41) is 47.8. The van der Waals surface area contributed by atoms with E-state index in [2.05, 4.69) is 14.7 Å². The second-order valence-corrected chi connectivity index (χ2v) is 9.17. The molecule has 4 heterocycles. The number of ether oxygens (including phenoxy) is 4. The fraction of sp³-hybridized carbons (Fsp3) is 0.591. The highest BCUT2D eigenvalue weighted by Crippen LogP contribution is 2.30. The van der Waals surface area contributed by atoms with Crippen LogP contribution in [0.25, 0.3) is 0 Å². The third-order valence-corrected chi connectivity index (χ3v) is 6.60. The van der Waals surface area contributed by atoms with E-state index in [0.29, 0.717) is 0 Å². The van der Waals surface area contributed by atoms with Gasteiger partial charge in [0.2, 0.25) is 0 Å². The highest BCUT2D eigenvalue weighted by Gasteiger charge is 2.45. The molecule has 0 aromatic carbocycles. The molecule has 222 valence electrons. The van der Waals surface area contributed by atoms with E-state index in [1.807, 2.05) is 0 Å². The number of nitrogens with two attached hydrogens (primary N) is 1. The molecule has 0 radical (unpaired) electrons. The summed E-state index contributed by atoms with van der Waals surface area (Å²) in [7, 11) is 2.58. The number of rotatable bonds is 7. The molecule has 8 N–H and O–H groups in total.